The molecule has 0 spiro atoms. The van der Waals surface area contributed by atoms with E-state index in [0.717, 1.165) is 25.0 Å². The van der Waals surface area contributed by atoms with Gasteiger partial charge in [0.25, 0.3) is 0 Å². The molecule has 3 rings (SSSR count). The Balaban J connectivity index is 2.00. The molecule has 2 nitrogen and oxygen atoms in total. The van der Waals surface area contributed by atoms with Gasteiger partial charge in [0.2, 0.25) is 0 Å². The summed E-state index contributed by atoms with van der Waals surface area (Å²) in [6.07, 6.45) is 3.68. The van der Waals surface area contributed by atoms with Gasteiger partial charge in [0.1, 0.15) is 5.82 Å². The lowest BCUT2D eigenvalue weighted by atomic mass is 9.81. The largest absolute Gasteiger partial charge is 0.388 e. The van der Waals surface area contributed by atoms with Gasteiger partial charge in [-0.15, -0.1) is 0 Å². The Hall–Kier alpha value is -1.26. The Kier molecular flexibility index (Phi) is 3.85. The first kappa shape index (κ1) is 13.7. The molecule has 0 aliphatic heterocycles. The molecule has 4 heteroatoms. The number of aliphatic hydroxyl groups is 1. The van der Waals surface area contributed by atoms with E-state index in [0.29, 0.717) is 10.0 Å². The lowest BCUT2D eigenvalue weighted by molar-refractivity contribution is 0.130. The standard InChI is InChI=1S/C16H15BrFNO/c17-13-8-2-6-11(14(13)18)16(20)12-7-1-4-10-5-3-9-19-15(10)12/h2-3,5-6,8-9,12,16,20H,1,4,7H2. The van der Waals surface area contributed by atoms with Crippen molar-refractivity contribution in [3.8, 4) is 0 Å². The highest BCUT2D eigenvalue weighted by Gasteiger charge is 2.30. The number of aryl methyl sites for hydroxylation is 1. The summed E-state index contributed by atoms with van der Waals surface area (Å²) >= 11 is 3.17. The molecule has 0 fully saturated rings. The van der Waals surface area contributed by atoms with Crippen LogP contribution in [0.25, 0.3) is 0 Å². The van der Waals surface area contributed by atoms with Crippen LogP contribution in [0.4, 0.5) is 4.39 Å². The van der Waals surface area contributed by atoms with Crippen LogP contribution in [0.15, 0.2) is 41.0 Å². The van der Waals surface area contributed by atoms with Crippen molar-refractivity contribution in [2.75, 3.05) is 0 Å². The zero-order chi connectivity index (χ0) is 14.1. The van der Waals surface area contributed by atoms with E-state index in [2.05, 4.69) is 20.9 Å². The highest BCUT2D eigenvalue weighted by atomic mass is 79.9. The van der Waals surface area contributed by atoms with E-state index >= 15 is 0 Å². The van der Waals surface area contributed by atoms with Gasteiger partial charge >= 0.3 is 0 Å². The third-order valence-electron chi connectivity index (χ3n) is 3.92. The molecule has 2 atom stereocenters. The molecule has 0 bridgehead atoms. The first-order valence-corrected chi connectivity index (χ1v) is 7.53. The summed E-state index contributed by atoms with van der Waals surface area (Å²) in [6.45, 7) is 0. The smallest absolute Gasteiger partial charge is 0.143 e. The highest BCUT2D eigenvalue weighted by Crippen LogP contribution is 2.40. The maximum absolute atomic E-state index is 14.2. The highest BCUT2D eigenvalue weighted by molar-refractivity contribution is 9.10. The first-order valence-electron chi connectivity index (χ1n) is 6.74. The summed E-state index contributed by atoms with van der Waals surface area (Å²) in [5, 5.41) is 10.6. The van der Waals surface area contributed by atoms with Crippen molar-refractivity contribution in [3.63, 3.8) is 0 Å². The van der Waals surface area contributed by atoms with E-state index < -0.39 is 6.10 Å². The molecular weight excluding hydrogens is 321 g/mol. The summed E-state index contributed by atoms with van der Waals surface area (Å²) in [5.41, 5.74) is 2.41. The molecule has 2 aromatic rings. The Bertz CT molecular complexity index is 632. The minimum absolute atomic E-state index is 0.135. The molecular formula is C16H15BrFNO. The Morgan fingerprint density at radius 3 is 3.00 bits per heavy atom. The second kappa shape index (κ2) is 5.62. The molecule has 1 heterocycles. The van der Waals surface area contributed by atoms with Crippen molar-refractivity contribution in [1.29, 1.82) is 0 Å². The number of pyridine rings is 1. The average Bonchev–Trinajstić information content (AvgIpc) is 2.49. The van der Waals surface area contributed by atoms with E-state index in [1.165, 1.54) is 5.56 Å². The quantitative estimate of drug-likeness (QED) is 0.894. The van der Waals surface area contributed by atoms with E-state index in [1.807, 2.05) is 12.1 Å². The third kappa shape index (κ3) is 2.38. The number of hydrogen-bond donors (Lipinski definition) is 1. The summed E-state index contributed by atoms with van der Waals surface area (Å²) in [5.74, 6) is -0.521. The van der Waals surface area contributed by atoms with E-state index in [9.17, 15) is 9.50 Å². The fraction of sp³-hybridized carbons (Fsp3) is 0.312. The second-order valence-corrected chi connectivity index (χ2v) is 5.99. The average molecular weight is 336 g/mol. The van der Waals surface area contributed by atoms with Crippen LogP contribution in [-0.2, 0) is 6.42 Å². The Labute approximate surface area is 125 Å². The Morgan fingerprint density at radius 1 is 1.30 bits per heavy atom. The number of nitrogens with zero attached hydrogens (tertiary/aromatic N) is 1. The van der Waals surface area contributed by atoms with E-state index in [1.54, 1.807) is 24.4 Å². The van der Waals surface area contributed by atoms with Gasteiger partial charge in [-0.2, -0.15) is 0 Å². The predicted molar refractivity (Wildman–Crippen MR) is 79.0 cm³/mol. The van der Waals surface area contributed by atoms with Crippen molar-refractivity contribution < 1.29 is 9.50 Å². The van der Waals surface area contributed by atoms with Gasteiger partial charge in [0.15, 0.2) is 0 Å². The van der Waals surface area contributed by atoms with Gasteiger partial charge in [-0.05, 0) is 52.9 Å². The maximum Gasteiger partial charge on any atom is 0.143 e. The fourth-order valence-electron chi connectivity index (χ4n) is 2.92. The number of rotatable bonds is 2. The van der Waals surface area contributed by atoms with Crippen molar-refractivity contribution in [3.05, 3.63) is 63.6 Å². The molecule has 0 amide bonds. The monoisotopic (exact) mass is 335 g/mol. The summed E-state index contributed by atoms with van der Waals surface area (Å²) < 4.78 is 14.5. The topological polar surface area (TPSA) is 33.1 Å². The minimum atomic E-state index is -0.860. The lowest BCUT2D eigenvalue weighted by Crippen LogP contribution is -2.19. The number of halogens is 2. The van der Waals surface area contributed by atoms with E-state index in [4.69, 9.17) is 0 Å². The van der Waals surface area contributed by atoms with Crippen LogP contribution in [0.1, 0.15) is 41.7 Å². The summed E-state index contributed by atoms with van der Waals surface area (Å²) in [4.78, 5) is 4.41. The molecule has 0 saturated carbocycles. The van der Waals surface area contributed by atoms with Crippen LogP contribution in [0, 0.1) is 5.82 Å². The lowest BCUT2D eigenvalue weighted by Gasteiger charge is -2.28. The van der Waals surface area contributed by atoms with Gasteiger partial charge in [0, 0.05) is 23.4 Å². The number of fused-ring (bicyclic) bond motifs is 1. The van der Waals surface area contributed by atoms with Crippen molar-refractivity contribution in [2.24, 2.45) is 0 Å². The molecule has 20 heavy (non-hydrogen) atoms. The normalized spacial score (nSPS) is 19.4. The van der Waals surface area contributed by atoms with Crippen LogP contribution in [0.3, 0.4) is 0 Å². The molecule has 1 aliphatic rings. The number of benzene rings is 1. The molecule has 1 aromatic heterocycles. The predicted octanol–water partition coefficient (Wildman–Crippen LogP) is 4.14. The number of aliphatic hydroxyl groups excluding tert-OH is 1. The van der Waals surface area contributed by atoms with Crippen LogP contribution < -0.4 is 0 Å². The zero-order valence-corrected chi connectivity index (χ0v) is 12.5. The van der Waals surface area contributed by atoms with Gasteiger partial charge in [0.05, 0.1) is 10.6 Å². The van der Waals surface area contributed by atoms with Crippen LogP contribution in [0.2, 0.25) is 0 Å². The van der Waals surface area contributed by atoms with Gasteiger partial charge < -0.3 is 5.11 Å². The number of hydrogen-bond acceptors (Lipinski definition) is 2. The zero-order valence-electron chi connectivity index (χ0n) is 10.9. The third-order valence-corrected chi connectivity index (χ3v) is 4.53. The van der Waals surface area contributed by atoms with Crippen LogP contribution in [-0.4, -0.2) is 10.1 Å². The summed E-state index contributed by atoms with van der Waals surface area (Å²) in [6, 6.07) is 8.97. The fourth-order valence-corrected chi connectivity index (χ4v) is 3.30. The first-order chi connectivity index (χ1) is 9.68. The molecule has 0 saturated heterocycles. The second-order valence-electron chi connectivity index (χ2n) is 5.13. The number of aromatic nitrogens is 1. The molecule has 0 radical (unpaired) electrons. The molecule has 1 aliphatic carbocycles. The van der Waals surface area contributed by atoms with Gasteiger partial charge in [-0.1, -0.05) is 18.2 Å². The van der Waals surface area contributed by atoms with Crippen LogP contribution >= 0.6 is 15.9 Å². The van der Waals surface area contributed by atoms with Crippen LogP contribution in [0.5, 0.6) is 0 Å². The maximum atomic E-state index is 14.2. The molecule has 104 valence electrons. The van der Waals surface area contributed by atoms with Crippen molar-refractivity contribution in [1.82, 2.24) is 4.98 Å². The van der Waals surface area contributed by atoms with E-state index in [-0.39, 0.29) is 11.7 Å². The summed E-state index contributed by atoms with van der Waals surface area (Å²) in [7, 11) is 0. The van der Waals surface area contributed by atoms with Gasteiger partial charge in [-0.25, -0.2) is 4.39 Å². The molecule has 2 unspecified atom stereocenters. The van der Waals surface area contributed by atoms with Crippen molar-refractivity contribution in [2.45, 2.75) is 31.3 Å². The minimum Gasteiger partial charge on any atom is -0.388 e. The SMILES string of the molecule is OC(c1cccc(Br)c1F)C1CCCc2cccnc21. The Morgan fingerprint density at radius 2 is 2.15 bits per heavy atom. The van der Waals surface area contributed by atoms with Gasteiger partial charge in [-0.3, -0.25) is 4.98 Å². The molecule has 1 aromatic carbocycles. The van der Waals surface area contributed by atoms with Crippen molar-refractivity contribution >= 4 is 15.9 Å². The molecule has 1 N–H and O–H groups in total.